The molecule has 1 fully saturated rings. The fourth-order valence-electron chi connectivity index (χ4n) is 3.72. The average molecular weight is 429 g/mol. The van der Waals surface area contributed by atoms with Crippen molar-refractivity contribution in [3.63, 3.8) is 0 Å². The van der Waals surface area contributed by atoms with E-state index in [0.29, 0.717) is 17.3 Å². The normalized spacial score (nSPS) is 14.5. The van der Waals surface area contributed by atoms with Crippen LogP contribution in [0.5, 0.6) is 0 Å². The standard InChI is InChI=1S/C23H24N8O/c1-30-11-13-31(14-12-30)22(32)16-5-7-17(8-6-16)26-23-24-10-9-21(28-23)27-19-3-2-4-20-18(19)15-25-29-20/h2-10,15H,11-14H2,1H3,(H,25,29)(H2,24,26,27,28). The summed E-state index contributed by atoms with van der Waals surface area (Å²) in [6, 6.07) is 15.1. The molecule has 2 aromatic heterocycles. The van der Waals surface area contributed by atoms with E-state index in [1.165, 1.54) is 0 Å². The molecule has 1 saturated heterocycles. The third kappa shape index (κ3) is 4.23. The van der Waals surface area contributed by atoms with Gasteiger partial charge >= 0.3 is 0 Å². The van der Waals surface area contributed by atoms with Gasteiger partial charge < -0.3 is 20.4 Å². The molecule has 0 spiro atoms. The molecule has 9 heteroatoms. The van der Waals surface area contributed by atoms with E-state index < -0.39 is 0 Å². The third-order valence-electron chi connectivity index (χ3n) is 5.58. The summed E-state index contributed by atoms with van der Waals surface area (Å²) in [4.78, 5) is 25.7. The Hall–Kier alpha value is -3.98. The van der Waals surface area contributed by atoms with Gasteiger partial charge in [-0.3, -0.25) is 9.89 Å². The maximum atomic E-state index is 12.7. The number of nitrogens with zero attached hydrogens (tertiary/aromatic N) is 5. The lowest BCUT2D eigenvalue weighted by molar-refractivity contribution is 0.0664. The predicted molar refractivity (Wildman–Crippen MR) is 125 cm³/mol. The number of anilines is 4. The van der Waals surface area contributed by atoms with Gasteiger partial charge in [0.05, 0.1) is 17.4 Å². The van der Waals surface area contributed by atoms with Crippen LogP contribution in [0.3, 0.4) is 0 Å². The highest BCUT2D eigenvalue weighted by Gasteiger charge is 2.20. The molecule has 1 aliphatic rings. The van der Waals surface area contributed by atoms with Crippen molar-refractivity contribution >= 4 is 40.0 Å². The van der Waals surface area contributed by atoms with Gasteiger partial charge in [-0.05, 0) is 49.5 Å². The van der Waals surface area contributed by atoms with Gasteiger partial charge in [-0.25, -0.2) is 4.98 Å². The molecule has 5 rings (SSSR count). The summed E-state index contributed by atoms with van der Waals surface area (Å²) in [5, 5.41) is 14.6. The number of likely N-dealkylation sites (N-methyl/N-ethyl adjacent to an activating group) is 1. The van der Waals surface area contributed by atoms with Crippen LogP contribution in [0.25, 0.3) is 10.9 Å². The summed E-state index contributed by atoms with van der Waals surface area (Å²) in [5.74, 6) is 1.20. The number of H-pyrrole nitrogens is 1. The molecule has 0 saturated carbocycles. The van der Waals surface area contributed by atoms with E-state index in [9.17, 15) is 4.79 Å². The van der Waals surface area contributed by atoms with E-state index in [4.69, 9.17) is 0 Å². The maximum absolute atomic E-state index is 12.7. The van der Waals surface area contributed by atoms with E-state index in [1.807, 2.05) is 53.4 Å². The molecule has 32 heavy (non-hydrogen) atoms. The smallest absolute Gasteiger partial charge is 0.253 e. The molecule has 0 aliphatic carbocycles. The molecule has 4 aromatic rings. The van der Waals surface area contributed by atoms with Gasteiger partial charge in [0.2, 0.25) is 5.95 Å². The number of carbonyl (C=O) groups excluding carboxylic acids is 1. The van der Waals surface area contributed by atoms with Crippen LogP contribution in [0.15, 0.2) is 60.9 Å². The molecule has 162 valence electrons. The lowest BCUT2D eigenvalue weighted by Gasteiger charge is -2.32. The summed E-state index contributed by atoms with van der Waals surface area (Å²) < 4.78 is 0. The topological polar surface area (TPSA) is 102 Å². The van der Waals surface area contributed by atoms with Gasteiger partial charge in [0.15, 0.2) is 0 Å². The molecule has 0 atom stereocenters. The first-order valence-electron chi connectivity index (χ1n) is 10.5. The number of piperazine rings is 1. The van der Waals surface area contributed by atoms with Gasteiger partial charge in [0.25, 0.3) is 5.91 Å². The lowest BCUT2D eigenvalue weighted by atomic mass is 10.1. The lowest BCUT2D eigenvalue weighted by Crippen LogP contribution is -2.47. The van der Waals surface area contributed by atoms with Gasteiger partial charge in [0.1, 0.15) is 5.82 Å². The first kappa shape index (κ1) is 20.0. The Morgan fingerprint density at radius 3 is 2.62 bits per heavy atom. The Morgan fingerprint density at radius 2 is 1.81 bits per heavy atom. The van der Waals surface area contributed by atoms with Crippen LogP contribution in [0.4, 0.5) is 23.1 Å². The van der Waals surface area contributed by atoms with Crippen LogP contribution >= 0.6 is 0 Å². The number of nitrogens with one attached hydrogen (secondary N) is 3. The molecule has 1 aliphatic heterocycles. The van der Waals surface area contributed by atoms with Crippen molar-refractivity contribution in [3.8, 4) is 0 Å². The Bertz CT molecular complexity index is 1230. The van der Waals surface area contributed by atoms with Gasteiger partial charge in [0, 0.05) is 49.0 Å². The zero-order valence-corrected chi connectivity index (χ0v) is 17.7. The van der Waals surface area contributed by atoms with Crippen LogP contribution in [-0.4, -0.2) is 69.1 Å². The number of hydrogen-bond donors (Lipinski definition) is 3. The Balaban J connectivity index is 1.26. The van der Waals surface area contributed by atoms with Crippen LogP contribution < -0.4 is 10.6 Å². The minimum Gasteiger partial charge on any atom is -0.339 e. The fourth-order valence-corrected chi connectivity index (χ4v) is 3.72. The second kappa shape index (κ2) is 8.64. The van der Waals surface area contributed by atoms with Crippen LogP contribution in [0.2, 0.25) is 0 Å². The average Bonchev–Trinajstić information content (AvgIpc) is 3.30. The third-order valence-corrected chi connectivity index (χ3v) is 5.58. The summed E-state index contributed by atoms with van der Waals surface area (Å²) in [7, 11) is 2.08. The molecule has 3 N–H and O–H groups in total. The number of hydrogen-bond acceptors (Lipinski definition) is 7. The van der Waals surface area contributed by atoms with E-state index in [-0.39, 0.29) is 5.91 Å². The van der Waals surface area contributed by atoms with Crippen molar-refractivity contribution in [2.75, 3.05) is 43.9 Å². The van der Waals surface area contributed by atoms with Gasteiger partial charge in [-0.1, -0.05) is 6.07 Å². The summed E-state index contributed by atoms with van der Waals surface area (Å²) in [6.07, 6.45) is 3.47. The summed E-state index contributed by atoms with van der Waals surface area (Å²) in [6.45, 7) is 3.33. The van der Waals surface area contributed by atoms with Crippen molar-refractivity contribution < 1.29 is 4.79 Å². The minimum atomic E-state index is 0.0699. The minimum absolute atomic E-state index is 0.0699. The second-order valence-electron chi connectivity index (χ2n) is 7.83. The maximum Gasteiger partial charge on any atom is 0.253 e. The molecular weight excluding hydrogens is 404 g/mol. The summed E-state index contributed by atoms with van der Waals surface area (Å²) >= 11 is 0. The highest BCUT2D eigenvalue weighted by Crippen LogP contribution is 2.25. The predicted octanol–water partition coefficient (Wildman–Crippen LogP) is 3.23. The van der Waals surface area contributed by atoms with Crippen molar-refractivity contribution in [1.82, 2.24) is 30.0 Å². The number of carbonyl (C=O) groups is 1. The first-order chi connectivity index (χ1) is 15.7. The van der Waals surface area contributed by atoms with Crippen molar-refractivity contribution in [2.45, 2.75) is 0 Å². The van der Waals surface area contributed by atoms with Crippen molar-refractivity contribution in [2.24, 2.45) is 0 Å². The molecule has 0 radical (unpaired) electrons. The van der Waals surface area contributed by atoms with Crippen LogP contribution in [0.1, 0.15) is 10.4 Å². The zero-order chi connectivity index (χ0) is 21.9. The highest BCUT2D eigenvalue weighted by molar-refractivity contribution is 5.95. The molecule has 1 amide bonds. The Kier molecular flexibility index (Phi) is 5.39. The highest BCUT2D eigenvalue weighted by atomic mass is 16.2. The Morgan fingerprint density at radius 1 is 1.00 bits per heavy atom. The number of aromatic nitrogens is 4. The largest absolute Gasteiger partial charge is 0.339 e. The molecule has 3 heterocycles. The van der Waals surface area contributed by atoms with Crippen molar-refractivity contribution in [3.05, 3.63) is 66.5 Å². The number of fused-ring (bicyclic) bond motifs is 1. The van der Waals surface area contributed by atoms with E-state index >= 15 is 0 Å². The Labute approximate surface area is 185 Å². The first-order valence-corrected chi connectivity index (χ1v) is 10.5. The number of benzene rings is 2. The van der Waals surface area contributed by atoms with Crippen LogP contribution in [-0.2, 0) is 0 Å². The number of amides is 1. The van der Waals surface area contributed by atoms with Gasteiger partial charge in [-0.15, -0.1) is 0 Å². The monoisotopic (exact) mass is 428 g/mol. The SMILES string of the molecule is CN1CCN(C(=O)c2ccc(Nc3nccc(Nc4cccc5[nH]ncc45)n3)cc2)CC1. The fraction of sp³-hybridized carbons (Fsp3) is 0.217. The van der Waals surface area contributed by atoms with Crippen LogP contribution in [0, 0.1) is 0 Å². The number of aromatic amines is 1. The zero-order valence-electron chi connectivity index (χ0n) is 17.7. The van der Waals surface area contributed by atoms with Gasteiger partial charge in [-0.2, -0.15) is 10.1 Å². The molecular formula is C23H24N8O. The van der Waals surface area contributed by atoms with Crippen molar-refractivity contribution in [1.29, 1.82) is 0 Å². The van der Waals surface area contributed by atoms with E-state index in [0.717, 1.165) is 48.5 Å². The van der Waals surface area contributed by atoms with E-state index in [2.05, 4.69) is 42.7 Å². The molecule has 0 bridgehead atoms. The quantitative estimate of drug-likeness (QED) is 0.449. The summed E-state index contributed by atoms with van der Waals surface area (Å²) in [5.41, 5.74) is 3.36. The van der Waals surface area contributed by atoms with E-state index in [1.54, 1.807) is 12.4 Å². The number of rotatable bonds is 5. The molecule has 0 unspecified atom stereocenters. The molecule has 2 aromatic carbocycles. The second-order valence-corrected chi connectivity index (χ2v) is 7.83. The molecule has 9 nitrogen and oxygen atoms in total.